The van der Waals surface area contributed by atoms with Crippen LogP contribution in [0.2, 0.25) is 0 Å². The third kappa shape index (κ3) is 3.10. The van der Waals surface area contributed by atoms with Crippen LogP contribution in [0, 0.1) is 0 Å². The molecule has 2 aromatic carbocycles. The van der Waals surface area contributed by atoms with Gasteiger partial charge in [0.25, 0.3) is 5.91 Å². The second kappa shape index (κ2) is 5.99. The molecule has 0 aliphatic rings. The SMILES string of the molecule is C[C@H](NC(=O)c1cccc2nc[nH]c12)c1ccc(C(F)(F)F)cc1. The smallest absolute Gasteiger partial charge is 0.345 e. The lowest BCUT2D eigenvalue weighted by Crippen LogP contribution is -2.26. The van der Waals surface area contributed by atoms with Crippen molar-refractivity contribution in [2.24, 2.45) is 0 Å². The number of hydrogen-bond donors (Lipinski definition) is 2. The number of H-pyrrole nitrogens is 1. The molecule has 1 aromatic heterocycles. The first-order valence-electron chi connectivity index (χ1n) is 7.26. The molecule has 24 heavy (non-hydrogen) atoms. The van der Waals surface area contributed by atoms with E-state index in [0.717, 1.165) is 12.1 Å². The van der Waals surface area contributed by atoms with E-state index in [0.29, 0.717) is 22.2 Å². The number of hydrogen-bond acceptors (Lipinski definition) is 2. The summed E-state index contributed by atoms with van der Waals surface area (Å²) in [6, 6.07) is 9.48. The summed E-state index contributed by atoms with van der Waals surface area (Å²) in [6.07, 6.45) is -2.87. The van der Waals surface area contributed by atoms with Crippen LogP contribution in [0.4, 0.5) is 13.2 Å². The van der Waals surface area contributed by atoms with Gasteiger partial charge in [-0.2, -0.15) is 13.2 Å². The Labute approximate surface area is 135 Å². The summed E-state index contributed by atoms with van der Waals surface area (Å²) >= 11 is 0. The number of fused-ring (bicyclic) bond motifs is 1. The molecule has 3 rings (SSSR count). The normalized spacial score (nSPS) is 13.0. The molecule has 1 heterocycles. The molecule has 0 bridgehead atoms. The minimum absolute atomic E-state index is 0.322. The van der Waals surface area contributed by atoms with E-state index in [9.17, 15) is 18.0 Å². The second-order valence-electron chi connectivity index (χ2n) is 5.42. The lowest BCUT2D eigenvalue weighted by molar-refractivity contribution is -0.137. The first-order chi connectivity index (χ1) is 11.4. The molecule has 3 aromatic rings. The number of benzene rings is 2. The van der Waals surface area contributed by atoms with Gasteiger partial charge in [0.1, 0.15) is 0 Å². The lowest BCUT2D eigenvalue weighted by Gasteiger charge is -2.15. The van der Waals surface area contributed by atoms with E-state index in [4.69, 9.17) is 0 Å². The first-order valence-corrected chi connectivity index (χ1v) is 7.26. The number of alkyl halides is 3. The predicted molar refractivity (Wildman–Crippen MR) is 83.4 cm³/mol. The van der Waals surface area contributed by atoms with Gasteiger partial charge in [0.05, 0.1) is 34.5 Å². The fourth-order valence-corrected chi connectivity index (χ4v) is 2.47. The van der Waals surface area contributed by atoms with Crippen LogP contribution in [0.25, 0.3) is 11.0 Å². The van der Waals surface area contributed by atoms with E-state index < -0.39 is 17.8 Å². The molecular weight excluding hydrogens is 319 g/mol. The molecule has 0 saturated heterocycles. The number of nitrogens with one attached hydrogen (secondary N) is 2. The van der Waals surface area contributed by atoms with Crippen molar-refractivity contribution in [1.29, 1.82) is 0 Å². The maximum absolute atomic E-state index is 12.6. The summed E-state index contributed by atoms with van der Waals surface area (Å²) < 4.78 is 37.8. The second-order valence-corrected chi connectivity index (χ2v) is 5.42. The Balaban J connectivity index is 1.78. The quantitative estimate of drug-likeness (QED) is 0.759. The van der Waals surface area contributed by atoms with Crippen molar-refractivity contribution < 1.29 is 18.0 Å². The molecule has 7 heteroatoms. The maximum atomic E-state index is 12.6. The van der Waals surface area contributed by atoms with Crippen LogP contribution in [-0.4, -0.2) is 15.9 Å². The van der Waals surface area contributed by atoms with E-state index in [1.54, 1.807) is 25.1 Å². The number of aromatic amines is 1. The number of halogens is 3. The van der Waals surface area contributed by atoms with Gasteiger partial charge in [0, 0.05) is 0 Å². The number of nitrogens with zero attached hydrogens (tertiary/aromatic N) is 1. The van der Waals surface area contributed by atoms with Crippen molar-refractivity contribution in [3.63, 3.8) is 0 Å². The van der Waals surface area contributed by atoms with Crippen LogP contribution >= 0.6 is 0 Å². The average Bonchev–Trinajstić information content (AvgIpc) is 3.02. The van der Waals surface area contributed by atoms with Crippen LogP contribution in [0.3, 0.4) is 0 Å². The van der Waals surface area contributed by atoms with E-state index in [1.165, 1.54) is 18.5 Å². The van der Waals surface area contributed by atoms with E-state index in [2.05, 4.69) is 15.3 Å². The Bertz CT molecular complexity index is 869. The molecular formula is C17H14F3N3O. The molecule has 0 aliphatic heterocycles. The standard InChI is InChI=1S/C17H14F3N3O/c1-10(11-5-7-12(8-6-11)17(18,19)20)23-16(24)13-3-2-4-14-15(13)22-9-21-14/h2-10H,1H3,(H,21,22)(H,23,24)/t10-/m0/s1. The summed E-state index contributed by atoms with van der Waals surface area (Å²) in [7, 11) is 0. The molecule has 4 nitrogen and oxygen atoms in total. The van der Waals surface area contributed by atoms with Crippen molar-refractivity contribution in [3.05, 3.63) is 65.5 Å². The van der Waals surface area contributed by atoms with Crippen molar-refractivity contribution in [1.82, 2.24) is 15.3 Å². The number of carbonyl (C=O) groups is 1. The van der Waals surface area contributed by atoms with Crippen LogP contribution in [0.15, 0.2) is 48.8 Å². The third-order valence-corrected chi connectivity index (χ3v) is 3.79. The zero-order valence-electron chi connectivity index (χ0n) is 12.7. The highest BCUT2D eigenvalue weighted by Crippen LogP contribution is 2.30. The first kappa shape index (κ1) is 16.0. The van der Waals surface area contributed by atoms with Gasteiger partial charge in [-0.3, -0.25) is 4.79 Å². The molecule has 1 atom stereocenters. The molecule has 0 radical (unpaired) electrons. The van der Waals surface area contributed by atoms with E-state index >= 15 is 0 Å². The summed E-state index contributed by atoms with van der Waals surface area (Å²) in [4.78, 5) is 19.4. The molecule has 0 saturated carbocycles. The number of carbonyl (C=O) groups excluding carboxylic acids is 1. The van der Waals surface area contributed by atoms with Gasteiger partial charge in [0.2, 0.25) is 0 Å². The maximum Gasteiger partial charge on any atom is 0.416 e. The van der Waals surface area contributed by atoms with Crippen LogP contribution in [0.1, 0.15) is 34.5 Å². The van der Waals surface area contributed by atoms with Gasteiger partial charge in [-0.1, -0.05) is 18.2 Å². The van der Waals surface area contributed by atoms with Gasteiger partial charge in [-0.25, -0.2) is 4.98 Å². The minimum atomic E-state index is -4.37. The van der Waals surface area contributed by atoms with Crippen molar-refractivity contribution in [2.45, 2.75) is 19.1 Å². The number of para-hydroxylation sites is 1. The Hall–Kier alpha value is -2.83. The Morgan fingerprint density at radius 1 is 1.17 bits per heavy atom. The summed E-state index contributed by atoms with van der Waals surface area (Å²) in [6.45, 7) is 1.72. The highest BCUT2D eigenvalue weighted by molar-refractivity contribution is 6.04. The lowest BCUT2D eigenvalue weighted by atomic mass is 10.0. The average molecular weight is 333 g/mol. The Morgan fingerprint density at radius 3 is 2.54 bits per heavy atom. The largest absolute Gasteiger partial charge is 0.416 e. The monoisotopic (exact) mass is 333 g/mol. The molecule has 0 aliphatic carbocycles. The predicted octanol–water partition coefficient (Wildman–Crippen LogP) is 4.07. The van der Waals surface area contributed by atoms with Crippen LogP contribution in [0.5, 0.6) is 0 Å². The van der Waals surface area contributed by atoms with Crippen molar-refractivity contribution in [3.8, 4) is 0 Å². The highest BCUT2D eigenvalue weighted by Gasteiger charge is 2.30. The highest BCUT2D eigenvalue weighted by atomic mass is 19.4. The van der Waals surface area contributed by atoms with Gasteiger partial charge in [-0.05, 0) is 36.8 Å². The summed E-state index contributed by atoms with van der Waals surface area (Å²) in [5.74, 6) is -0.322. The van der Waals surface area contributed by atoms with E-state index in [-0.39, 0.29) is 5.91 Å². The number of rotatable bonds is 3. The van der Waals surface area contributed by atoms with Gasteiger partial charge in [0.15, 0.2) is 0 Å². The van der Waals surface area contributed by atoms with Gasteiger partial charge in [-0.15, -0.1) is 0 Å². The molecule has 1 amide bonds. The minimum Gasteiger partial charge on any atom is -0.345 e. The topological polar surface area (TPSA) is 57.8 Å². The Morgan fingerprint density at radius 2 is 1.88 bits per heavy atom. The van der Waals surface area contributed by atoms with Crippen molar-refractivity contribution in [2.75, 3.05) is 0 Å². The van der Waals surface area contributed by atoms with Gasteiger partial charge < -0.3 is 10.3 Å². The van der Waals surface area contributed by atoms with Crippen molar-refractivity contribution >= 4 is 16.9 Å². The fraction of sp³-hybridized carbons (Fsp3) is 0.176. The fourth-order valence-electron chi connectivity index (χ4n) is 2.47. The van der Waals surface area contributed by atoms with Gasteiger partial charge >= 0.3 is 6.18 Å². The molecule has 0 spiro atoms. The van der Waals surface area contributed by atoms with Crippen LogP contribution < -0.4 is 5.32 Å². The summed E-state index contributed by atoms with van der Waals surface area (Å²) in [5.41, 5.74) is 1.60. The molecule has 2 N–H and O–H groups in total. The zero-order valence-corrected chi connectivity index (χ0v) is 12.7. The molecule has 0 fully saturated rings. The summed E-state index contributed by atoms with van der Waals surface area (Å²) in [5, 5.41) is 2.78. The molecule has 124 valence electrons. The zero-order chi connectivity index (χ0) is 17.3. The number of amides is 1. The van der Waals surface area contributed by atoms with E-state index in [1.807, 2.05) is 0 Å². The molecule has 0 unspecified atom stereocenters. The van der Waals surface area contributed by atoms with Crippen LogP contribution in [-0.2, 0) is 6.18 Å². The third-order valence-electron chi connectivity index (χ3n) is 3.79. The number of aromatic nitrogens is 2. The number of imidazole rings is 1. The Kier molecular flexibility index (Phi) is 4.01.